The Labute approximate surface area is 214 Å². The van der Waals surface area contributed by atoms with Gasteiger partial charge in [-0.1, -0.05) is 23.5 Å². The van der Waals surface area contributed by atoms with E-state index in [0.29, 0.717) is 66.8 Å². The summed E-state index contributed by atoms with van der Waals surface area (Å²) in [5.74, 6) is -0.761. The minimum absolute atomic E-state index is 0. The number of rotatable bonds is 8. The second kappa shape index (κ2) is 13.1. The number of likely N-dealkylation sites (tertiary alicyclic amines) is 1. The van der Waals surface area contributed by atoms with Crippen LogP contribution in [0.1, 0.15) is 47.6 Å². The SMILES string of the molecule is CCOC(=O)C1CCN(C(=O)c2sc(NC(C)=O)nc2CCc2ccc(N=C(N)N)cc2)CC1.Cl. The molecule has 1 aliphatic rings. The number of hydrogen-bond donors (Lipinski definition) is 3. The third kappa shape index (κ3) is 7.93. The number of nitrogens with zero attached hydrogens (tertiary/aromatic N) is 3. The van der Waals surface area contributed by atoms with E-state index >= 15 is 0 Å². The van der Waals surface area contributed by atoms with Gasteiger partial charge in [-0.15, -0.1) is 12.4 Å². The molecule has 1 saturated heterocycles. The van der Waals surface area contributed by atoms with Crippen molar-refractivity contribution in [1.29, 1.82) is 0 Å². The molecule has 0 aliphatic carbocycles. The first-order valence-electron chi connectivity index (χ1n) is 11.2. The zero-order chi connectivity index (χ0) is 24.7. The van der Waals surface area contributed by atoms with Gasteiger partial charge in [-0.05, 0) is 50.3 Å². The number of hydrogen-bond acceptors (Lipinski definition) is 7. The molecule has 12 heteroatoms. The summed E-state index contributed by atoms with van der Waals surface area (Å²) in [6.07, 6.45) is 2.31. The average molecular weight is 523 g/mol. The summed E-state index contributed by atoms with van der Waals surface area (Å²) in [5.41, 5.74) is 13.2. The molecule has 5 N–H and O–H groups in total. The Hall–Kier alpha value is -3.18. The molecule has 2 aromatic rings. The number of aryl methyl sites for hydroxylation is 2. The number of benzene rings is 1. The standard InChI is InChI=1S/C23H30N6O4S.ClH/c1-3-33-21(32)16-10-12-29(13-11-16)20(31)19-18(28-23(34-19)26-14(2)30)9-6-15-4-7-17(8-5-15)27-22(24)25;/h4-5,7-8,16H,3,6,9-13H2,1-2H3,(H4,24,25,27)(H,26,28,30);1H. The van der Waals surface area contributed by atoms with Crippen LogP contribution in [-0.4, -0.2) is 53.3 Å². The van der Waals surface area contributed by atoms with Crippen molar-refractivity contribution < 1.29 is 19.1 Å². The largest absolute Gasteiger partial charge is 0.466 e. The van der Waals surface area contributed by atoms with Gasteiger partial charge in [0.05, 0.1) is 23.9 Å². The maximum absolute atomic E-state index is 13.3. The van der Waals surface area contributed by atoms with Gasteiger partial charge < -0.3 is 26.4 Å². The van der Waals surface area contributed by atoms with Crippen molar-refractivity contribution in [2.45, 2.75) is 39.5 Å². The second-order valence-corrected chi connectivity index (χ2v) is 9.00. The van der Waals surface area contributed by atoms with Gasteiger partial charge in [-0.25, -0.2) is 9.98 Å². The number of ether oxygens (including phenoxy) is 1. The number of carbonyl (C=O) groups is 3. The topological polar surface area (TPSA) is 153 Å². The van der Waals surface area contributed by atoms with E-state index in [1.807, 2.05) is 24.3 Å². The first-order chi connectivity index (χ1) is 16.3. The van der Waals surface area contributed by atoms with Gasteiger partial charge in [0.15, 0.2) is 11.1 Å². The number of nitrogens with one attached hydrogen (secondary N) is 1. The van der Waals surface area contributed by atoms with Crippen LogP contribution in [-0.2, 0) is 27.2 Å². The zero-order valence-electron chi connectivity index (χ0n) is 19.8. The fourth-order valence-electron chi connectivity index (χ4n) is 3.76. The molecule has 190 valence electrons. The number of piperidine rings is 1. The smallest absolute Gasteiger partial charge is 0.309 e. The van der Waals surface area contributed by atoms with Gasteiger partial charge in [-0.2, -0.15) is 0 Å². The Morgan fingerprint density at radius 1 is 1.17 bits per heavy atom. The van der Waals surface area contributed by atoms with Crippen LogP contribution in [0.15, 0.2) is 29.3 Å². The number of aromatic nitrogens is 1. The van der Waals surface area contributed by atoms with Crippen molar-refractivity contribution in [3.8, 4) is 0 Å². The number of aliphatic imine (C=N–C) groups is 1. The molecular weight excluding hydrogens is 492 g/mol. The second-order valence-electron chi connectivity index (χ2n) is 8.00. The van der Waals surface area contributed by atoms with Crippen LogP contribution >= 0.6 is 23.7 Å². The summed E-state index contributed by atoms with van der Waals surface area (Å²) < 4.78 is 5.11. The summed E-state index contributed by atoms with van der Waals surface area (Å²) >= 11 is 1.18. The highest BCUT2D eigenvalue weighted by Crippen LogP contribution is 2.28. The lowest BCUT2D eigenvalue weighted by molar-refractivity contribution is -0.149. The van der Waals surface area contributed by atoms with Crippen molar-refractivity contribution >= 4 is 58.3 Å². The molecule has 1 aliphatic heterocycles. The first-order valence-corrected chi connectivity index (χ1v) is 12.0. The van der Waals surface area contributed by atoms with Crippen molar-refractivity contribution in [2.24, 2.45) is 22.4 Å². The van der Waals surface area contributed by atoms with Crippen LogP contribution in [0.3, 0.4) is 0 Å². The highest BCUT2D eigenvalue weighted by molar-refractivity contribution is 7.17. The van der Waals surface area contributed by atoms with E-state index in [4.69, 9.17) is 16.2 Å². The first kappa shape index (κ1) is 28.1. The maximum Gasteiger partial charge on any atom is 0.309 e. The summed E-state index contributed by atoms with van der Waals surface area (Å²) in [4.78, 5) is 47.6. The molecule has 2 amide bonds. The monoisotopic (exact) mass is 522 g/mol. The van der Waals surface area contributed by atoms with Crippen molar-refractivity contribution in [3.63, 3.8) is 0 Å². The fourth-order valence-corrected chi connectivity index (χ4v) is 4.79. The molecule has 0 unspecified atom stereocenters. The van der Waals surface area contributed by atoms with E-state index in [9.17, 15) is 14.4 Å². The Balaban J connectivity index is 0.00000432. The quantitative estimate of drug-likeness (QED) is 0.273. The lowest BCUT2D eigenvalue weighted by Gasteiger charge is -2.30. The number of carbonyl (C=O) groups excluding carboxylic acids is 3. The van der Waals surface area contributed by atoms with E-state index in [2.05, 4.69) is 15.3 Å². The third-order valence-electron chi connectivity index (χ3n) is 5.42. The summed E-state index contributed by atoms with van der Waals surface area (Å²) in [6.45, 7) is 4.49. The molecule has 0 bridgehead atoms. The van der Waals surface area contributed by atoms with E-state index in [-0.39, 0.29) is 42.1 Å². The molecule has 0 spiro atoms. The normalized spacial score (nSPS) is 13.5. The molecule has 2 heterocycles. The van der Waals surface area contributed by atoms with Crippen molar-refractivity contribution in [2.75, 3.05) is 25.0 Å². The van der Waals surface area contributed by atoms with Gasteiger partial charge in [0.25, 0.3) is 5.91 Å². The fraction of sp³-hybridized carbons (Fsp3) is 0.435. The number of thiazole rings is 1. The van der Waals surface area contributed by atoms with Gasteiger partial charge >= 0.3 is 5.97 Å². The van der Waals surface area contributed by atoms with E-state index in [0.717, 1.165) is 5.56 Å². The van der Waals surface area contributed by atoms with Crippen LogP contribution in [0.5, 0.6) is 0 Å². The average Bonchev–Trinajstić information content (AvgIpc) is 3.20. The van der Waals surface area contributed by atoms with Crippen molar-refractivity contribution in [1.82, 2.24) is 9.88 Å². The summed E-state index contributed by atoms with van der Waals surface area (Å²) in [5, 5.41) is 3.08. The van der Waals surface area contributed by atoms with Crippen LogP contribution in [0.2, 0.25) is 0 Å². The van der Waals surface area contributed by atoms with E-state index < -0.39 is 0 Å². The molecule has 3 rings (SSSR count). The van der Waals surface area contributed by atoms with Gasteiger partial charge in [0, 0.05) is 20.0 Å². The molecule has 1 aromatic carbocycles. The molecule has 1 fully saturated rings. The molecular formula is C23H31ClN6O4S. The minimum atomic E-state index is -0.245. The molecule has 10 nitrogen and oxygen atoms in total. The van der Waals surface area contributed by atoms with E-state index in [1.54, 1.807) is 11.8 Å². The van der Waals surface area contributed by atoms with Crippen LogP contribution in [0.4, 0.5) is 10.8 Å². The van der Waals surface area contributed by atoms with Gasteiger partial charge in [0.2, 0.25) is 5.91 Å². The number of anilines is 1. The number of nitrogens with two attached hydrogens (primary N) is 2. The number of halogens is 1. The Morgan fingerprint density at radius 3 is 2.40 bits per heavy atom. The Morgan fingerprint density at radius 2 is 1.83 bits per heavy atom. The highest BCUT2D eigenvalue weighted by atomic mass is 35.5. The highest BCUT2D eigenvalue weighted by Gasteiger charge is 2.30. The molecule has 0 saturated carbocycles. The summed E-state index contributed by atoms with van der Waals surface area (Å²) in [6, 6.07) is 7.48. The lowest BCUT2D eigenvalue weighted by Crippen LogP contribution is -2.40. The van der Waals surface area contributed by atoms with Crippen LogP contribution < -0.4 is 16.8 Å². The lowest BCUT2D eigenvalue weighted by atomic mass is 9.97. The van der Waals surface area contributed by atoms with Gasteiger partial charge in [-0.3, -0.25) is 14.4 Å². The Bertz CT molecular complexity index is 1060. The number of amides is 2. The maximum atomic E-state index is 13.3. The predicted octanol–water partition coefficient (Wildman–Crippen LogP) is 2.63. The van der Waals surface area contributed by atoms with Crippen molar-refractivity contribution in [3.05, 3.63) is 40.4 Å². The van der Waals surface area contributed by atoms with Crippen LogP contribution in [0.25, 0.3) is 0 Å². The molecule has 0 atom stereocenters. The van der Waals surface area contributed by atoms with E-state index in [1.165, 1.54) is 18.3 Å². The number of guanidine groups is 1. The number of esters is 1. The molecule has 0 radical (unpaired) electrons. The zero-order valence-corrected chi connectivity index (χ0v) is 21.4. The molecule has 1 aromatic heterocycles. The summed E-state index contributed by atoms with van der Waals surface area (Å²) in [7, 11) is 0. The Kier molecular flexibility index (Phi) is 10.5. The van der Waals surface area contributed by atoms with Gasteiger partial charge in [0.1, 0.15) is 4.88 Å². The van der Waals surface area contributed by atoms with Crippen LogP contribution in [0, 0.1) is 5.92 Å². The molecule has 35 heavy (non-hydrogen) atoms. The third-order valence-corrected chi connectivity index (χ3v) is 6.42. The predicted molar refractivity (Wildman–Crippen MR) is 138 cm³/mol. The minimum Gasteiger partial charge on any atom is -0.466 e.